The summed E-state index contributed by atoms with van der Waals surface area (Å²) in [4.78, 5) is 29.3. The van der Waals surface area contributed by atoms with Crippen molar-refractivity contribution in [1.82, 2.24) is 4.98 Å². The number of para-hydroxylation sites is 1. The largest absolute Gasteiger partial charge is 0.325 e. The molecule has 8 heteroatoms. The van der Waals surface area contributed by atoms with Crippen molar-refractivity contribution in [2.75, 3.05) is 21.7 Å². The molecule has 0 fully saturated rings. The maximum absolute atomic E-state index is 12.4. The van der Waals surface area contributed by atoms with Gasteiger partial charge in [-0.25, -0.2) is 9.78 Å². The lowest BCUT2D eigenvalue weighted by Crippen LogP contribution is -2.19. The number of aryl methyl sites for hydroxylation is 3. The van der Waals surface area contributed by atoms with E-state index in [-0.39, 0.29) is 17.7 Å². The topological polar surface area (TPSA) is 83.1 Å². The van der Waals surface area contributed by atoms with Gasteiger partial charge in [-0.05, 0) is 73.9 Å². The molecule has 1 heterocycles. The molecule has 1 aromatic heterocycles. The highest BCUT2D eigenvalue weighted by Gasteiger charge is 2.11. The van der Waals surface area contributed by atoms with E-state index in [9.17, 15) is 9.59 Å². The molecule has 0 unspecified atom stereocenters. The summed E-state index contributed by atoms with van der Waals surface area (Å²) in [6.07, 6.45) is 0. The summed E-state index contributed by atoms with van der Waals surface area (Å²) in [5, 5.41) is 8.68. The van der Waals surface area contributed by atoms with Crippen LogP contribution in [0.1, 0.15) is 16.7 Å². The maximum atomic E-state index is 12.4. The predicted molar refractivity (Wildman–Crippen MR) is 139 cm³/mol. The minimum Gasteiger partial charge on any atom is -0.325 e. The molecule has 0 saturated carbocycles. The van der Waals surface area contributed by atoms with Gasteiger partial charge in [0.15, 0.2) is 4.34 Å². The van der Waals surface area contributed by atoms with Gasteiger partial charge in [0.25, 0.3) is 0 Å². The van der Waals surface area contributed by atoms with E-state index < -0.39 is 0 Å². The maximum Gasteiger partial charge on any atom is 0.323 e. The van der Waals surface area contributed by atoms with Gasteiger partial charge in [-0.15, -0.1) is 11.3 Å². The van der Waals surface area contributed by atoms with Gasteiger partial charge in [0, 0.05) is 17.1 Å². The van der Waals surface area contributed by atoms with E-state index in [1.165, 1.54) is 23.1 Å². The quantitative estimate of drug-likeness (QED) is 0.274. The molecule has 168 valence electrons. The van der Waals surface area contributed by atoms with Crippen molar-refractivity contribution >= 4 is 62.3 Å². The fourth-order valence-electron chi connectivity index (χ4n) is 3.41. The van der Waals surface area contributed by atoms with Crippen LogP contribution in [0.5, 0.6) is 0 Å². The van der Waals surface area contributed by atoms with E-state index in [0.29, 0.717) is 5.69 Å². The van der Waals surface area contributed by atoms with Gasteiger partial charge in [-0.1, -0.05) is 36.0 Å². The third kappa shape index (κ3) is 6.12. The summed E-state index contributed by atoms with van der Waals surface area (Å²) >= 11 is 2.90. The van der Waals surface area contributed by atoms with Gasteiger partial charge < -0.3 is 16.0 Å². The van der Waals surface area contributed by atoms with Crippen molar-refractivity contribution in [1.29, 1.82) is 0 Å². The molecular weight excluding hydrogens is 452 g/mol. The first-order chi connectivity index (χ1) is 15.9. The van der Waals surface area contributed by atoms with Crippen molar-refractivity contribution in [2.45, 2.75) is 25.1 Å². The standard InChI is InChI=1S/C25H24N4O2S2/c1-15-10-16(2)12-19(11-15)27-24(31)26-18-8-9-21-22(13-18)33-25(29-21)32-14-23(30)28-20-7-5-4-6-17(20)3/h4-13H,14H2,1-3H3,(H,28,30)(H2,26,27,31). The van der Waals surface area contributed by atoms with Crippen molar-refractivity contribution < 1.29 is 9.59 Å². The van der Waals surface area contributed by atoms with Crippen LogP contribution < -0.4 is 16.0 Å². The molecule has 33 heavy (non-hydrogen) atoms. The van der Waals surface area contributed by atoms with Crippen LogP contribution in [0.3, 0.4) is 0 Å². The number of thioether (sulfide) groups is 1. The number of aromatic nitrogens is 1. The molecule has 0 bridgehead atoms. The molecule has 0 aliphatic carbocycles. The summed E-state index contributed by atoms with van der Waals surface area (Å²) in [5.74, 6) is 0.205. The molecule has 6 nitrogen and oxygen atoms in total. The van der Waals surface area contributed by atoms with Gasteiger partial charge in [0.1, 0.15) is 0 Å². The Morgan fingerprint density at radius 3 is 2.36 bits per heavy atom. The molecule has 3 aromatic carbocycles. The molecule has 0 spiro atoms. The number of carbonyl (C=O) groups is 2. The van der Waals surface area contributed by atoms with Crippen LogP contribution in [-0.2, 0) is 4.79 Å². The molecule has 3 N–H and O–H groups in total. The number of nitrogens with zero attached hydrogens (tertiary/aromatic N) is 1. The third-order valence-electron chi connectivity index (χ3n) is 4.85. The molecule has 0 aliphatic rings. The van der Waals surface area contributed by atoms with Crippen molar-refractivity contribution in [3.8, 4) is 0 Å². The van der Waals surface area contributed by atoms with Crippen LogP contribution in [0.4, 0.5) is 21.9 Å². The van der Waals surface area contributed by atoms with Crippen LogP contribution in [0.15, 0.2) is 65.0 Å². The number of hydrogen-bond donors (Lipinski definition) is 3. The van der Waals surface area contributed by atoms with Gasteiger partial charge in [-0.3, -0.25) is 4.79 Å². The lowest BCUT2D eigenvalue weighted by Gasteiger charge is -2.09. The van der Waals surface area contributed by atoms with E-state index in [1.54, 1.807) is 0 Å². The molecule has 0 atom stereocenters. The first-order valence-corrected chi connectivity index (χ1v) is 12.2. The van der Waals surface area contributed by atoms with E-state index in [4.69, 9.17) is 0 Å². The number of nitrogens with one attached hydrogen (secondary N) is 3. The number of amides is 3. The van der Waals surface area contributed by atoms with E-state index in [1.807, 2.05) is 75.4 Å². The Kier molecular flexibility index (Phi) is 6.96. The summed E-state index contributed by atoms with van der Waals surface area (Å²) in [7, 11) is 0. The number of rotatable bonds is 6. The van der Waals surface area contributed by atoms with Crippen LogP contribution in [0.25, 0.3) is 10.2 Å². The summed E-state index contributed by atoms with van der Waals surface area (Å²) in [6.45, 7) is 5.95. The lowest BCUT2D eigenvalue weighted by molar-refractivity contribution is -0.113. The fraction of sp³-hybridized carbons (Fsp3) is 0.160. The molecule has 4 rings (SSSR count). The van der Waals surface area contributed by atoms with Crippen LogP contribution in [0.2, 0.25) is 0 Å². The first kappa shape index (κ1) is 22.8. The second kappa shape index (κ2) is 10.1. The Morgan fingerprint density at radius 2 is 1.61 bits per heavy atom. The number of anilines is 3. The Balaban J connectivity index is 1.36. The second-order valence-electron chi connectivity index (χ2n) is 7.77. The second-order valence-corrected chi connectivity index (χ2v) is 10.0. The van der Waals surface area contributed by atoms with E-state index >= 15 is 0 Å². The molecule has 4 aromatic rings. The summed E-state index contributed by atoms with van der Waals surface area (Å²) < 4.78 is 1.75. The average Bonchev–Trinajstić information content (AvgIpc) is 3.15. The Bertz CT molecular complexity index is 1310. The zero-order valence-electron chi connectivity index (χ0n) is 18.6. The van der Waals surface area contributed by atoms with Gasteiger partial charge >= 0.3 is 6.03 Å². The van der Waals surface area contributed by atoms with Gasteiger partial charge in [0.2, 0.25) is 5.91 Å². The van der Waals surface area contributed by atoms with E-state index in [2.05, 4.69) is 27.0 Å². The molecule has 0 saturated heterocycles. The minimum atomic E-state index is -0.300. The normalized spacial score (nSPS) is 10.8. The highest BCUT2D eigenvalue weighted by Crippen LogP contribution is 2.31. The van der Waals surface area contributed by atoms with Gasteiger partial charge in [0.05, 0.1) is 16.0 Å². The zero-order valence-corrected chi connectivity index (χ0v) is 20.2. The van der Waals surface area contributed by atoms with Crippen molar-refractivity contribution in [2.24, 2.45) is 0 Å². The van der Waals surface area contributed by atoms with Crippen LogP contribution in [0, 0.1) is 20.8 Å². The van der Waals surface area contributed by atoms with Crippen molar-refractivity contribution in [3.05, 3.63) is 77.4 Å². The smallest absolute Gasteiger partial charge is 0.323 e. The monoisotopic (exact) mass is 476 g/mol. The van der Waals surface area contributed by atoms with E-state index in [0.717, 1.165) is 42.6 Å². The molecular formula is C25H24N4O2S2. The fourth-order valence-corrected chi connectivity index (χ4v) is 5.32. The third-order valence-corrected chi connectivity index (χ3v) is 7.01. The first-order valence-electron chi connectivity index (χ1n) is 10.4. The minimum absolute atomic E-state index is 0.0704. The van der Waals surface area contributed by atoms with Crippen LogP contribution in [-0.4, -0.2) is 22.7 Å². The Morgan fingerprint density at radius 1 is 0.879 bits per heavy atom. The highest BCUT2D eigenvalue weighted by molar-refractivity contribution is 8.01. The number of urea groups is 1. The van der Waals surface area contributed by atoms with Gasteiger partial charge in [-0.2, -0.15) is 0 Å². The number of hydrogen-bond acceptors (Lipinski definition) is 5. The summed E-state index contributed by atoms with van der Waals surface area (Å²) in [6, 6.07) is 18.9. The molecule has 0 aliphatic heterocycles. The SMILES string of the molecule is Cc1cc(C)cc(NC(=O)Nc2ccc3nc(SCC(=O)Nc4ccccc4C)sc3c2)c1. The molecule has 3 amide bonds. The summed E-state index contributed by atoms with van der Waals surface area (Å²) in [5.41, 5.74) is 6.30. The Hall–Kier alpha value is -3.36. The highest BCUT2D eigenvalue weighted by atomic mass is 32.2. The lowest BCUT2D eigenvalue weighted by atomic mass is 10.1. The molecule has 0 radical (unpaired) electrons. The van der Waals surface area contributed by atoms with Crippen molar-refractivity contribution in [3.63, 3.8) is 0 Å². The number of benzene rings is 3. The zero-order chi connectivity index (χ0) is 23.4. The number of carbonyl (C=O) groups excluding carboxylic acids is 2. The number of thiazole rings is 1. The predicted octanol–water partition coefficient (Wildman–Crippen LogP) is 6.60. The Labute approximate surface area is 200 Å². The van der Waals surface area contributed by atoms with Crippen LogP contribution >= 0.6 is 23.1 Å². The average molecular weight is 477 g/mol. The number of fused-ring (bicyclic) bond motifs is 1.